The average molecular weight is 321 g/mol. The maximum atomic E-state index is 11.4. The minimum absolute atomic E-state index is 0.244. The number of nitrogens with zero attached hydrogens (tertiary/aromatic N) is 1. The number of hydrogen-bond acceptors (Lipinski definition) is 6. The molecule has 0 spiro atoms. The van der Waals surface area contributed by atoms with Crippen LogP contribution in [0, 0.1) is 0 Å². The van der Waals surface area contributed by atoms with E-state index >= 15 is 0 Å². The van der Waals surface area contributed by atoms with Gasteiger partial charge in [-0.15, -0.1) is 22.7 Å². The number of nitrogens with one attached hydrogen (secondary N) is 1. The Bertz CT molecular complexity index is 717. The number of para-hydroxylation sites is 1. The van der Waals surface area contributed by atoms with E-state index in [0.29, 0.717) is 4.88 Å². The van der Waals surface area contributed by atoms with Crippen molar-refractivity contribution < 1.29 is 4.79 Å². The Balaban J connectivity index is 1.69. The average Bonchev–Trinajstić information content (AvgIpc) is 3.10. The minimum atomic E-state index is -0.244. The molecule has 3 rings (SSSR count). The van der Waals surface area contributed by atoms with Crippen molar-refractivity contribution in [3.63, 3.8) is 0 Å². The highest BCUT2D eigenvalue weighted by atomic mass is 32.2. The van der Waals surface area contributed by atoms with E-state index in [1.54, 1.807) is 29.2 Å². The number of benzene rings is 1. The number of aromatic nitrogens is 1. The van der Waals surface area contributed by atoms with Crippen molar-refractivity contribution in [2.24, 2.45) is 5.84 Å². The van der Waals surface area contributed by atoms with Crippen LogP contribution in [0.3, 0.4) is 0 Å². The molecule has 0 aliphatic carbocycles. The Labute approximate surface area is 128 Å². The summed E-state index contributed by atoms with van der Waals surface area (Å²) in [5, 5.41) is 0. The summed E-state index contributed by atoms with van der Waals surface area (Å²) < 4.78 is 2.24. The first-order chi connectivity index (χ1) is 9.76. The number of carbonyl (C=O) groups excluding carboxylic acids is 1. The Morgan fingerprint density at radius 3 is 2.90 bits per heavy atom. The van der Waals surface area contributed by atoms with Gasteiger partial charge in [-0.25, -0.2) is 10.8 Å². The molecule has 0 atom stereocenters. The molecule has 0 bridgehead atoms. The molecule has 3 N–H and O–H groups in total. The maximum absolute atomic E-state index is 11.4. The lowest BCUT2D eigenvalue weighted by molar-refractivity contribution is 0.0957. The highest BCUT2D eigenvalue weighted by Gasteiger charge is 2.09. The largest absolute Gasteiger partial charge is 0.289 e. The van der Waals surface area contributed by atoms with Gasteiger partial charge in [0.25, 0.3) is 5.91 Å². The number of rotatable bonds is 4. The monoisotopic (exact) mass is 321 g/mol. The lowest BCUT2D eigenvalue weighted by atomic mass is 10.3. The van der Waals surface area contributed by atoms with Crippen molar-refractivity contribution in [1.29, 1.82) is 0 Å². The molecule has 4 nitrogen and oxygen atoms in total. The molecule has 102 valence electrons. The normalized spacial score (nSPS) is 10.8. The Hall–Kier alpha value is -1.41. The second kappa shape index (κ2) is 5.92. The van der Waals surface area contributed by atoms with Gasteiger partial charge in [0.05, 0.1) is 15.1 Å². The number of thiophene rings is 1. The maximum Gasteiger partial charge on any atom is 0.275 e. The number of carbonyl (C=O) groups is 1. The molecule has 0 unspecified atom stereocenters. The fraction of sp³-hybridized carbons (Fsp3) is 0.0769. The highest BCUT2D eigenvalue weighted by molar-refractivity contribution is 8.00. The predicted molar refractivity (Wildman–Crippen MR) is 85.2 cm³/mol. The van der Waals surface area contributed by atoms with Crippen LogP contribution in [0.1, 0.15) is 14.5 Å². The number of fused-ring (bicyclic) bond motifs is 1. The third kappa shape index (κ3) is 2.85. The molecule has 3 aromatic rings. The van der Waals surface area contributed by atoms with Crippen LogP contribution in [-0.2, 0) is 5.75 Å². The lowest BCUT2D eigenvalue weighted by Crippen LogP contribution is -2.29. The molecular weight excluding hydrogens is 310 g/mol. The number of hydrazine groups is 1. The highest BCUT2D eigenvalue weighted by Crippen LogP contribution is 2.32. The first kappa shape index (κ1) is 13.6. The van der Waals surface area contributed by atoms with Gasteiger partial charge in [0.15, 0.2) is 4.34 Å². The van der Waals surface area contributed by atoms with Crippen LogP contribution in [0.15, 0.2) is 40.7 Å². The van der Waals surface area contributed by atoms with Crippen LogP contribution < -0.4 is 11.3 Å². The summed E-state index contributed by atoms with van der Waals surface area (Å²) in [6.45, 7) is 0. The van der Waals surface area contributed by atoms with E-state index in [-0.39, 0.29) is 5.91 Å². The first-order valence-electron chi connectivity index (χ1n) is 5.84. The quantitative estimate of drug-likeness (QED) is 0.335. The van der Waals surface area contributed by atoms with E-state index in [1.165, 1.54) is 16.0 Å². The van der Waals surface area contributed by atoms with E-state index in [4.69, 9.17) is 5.84 Å². The molecule has 0 saturated heterocycles. The van der Waals surface area contributed by atoms with E-state index < -0.39 is 0 Å². The fourth-order valence-electron chi connectivity index (χ4n) is 1.69. The molecule has 0 saturated carbocycles. The summed E-state index contributed by atoms with van der Waals surface area (Å²) in [6.07, 6.45) is 0. The lowest BCUT2D eigenvalue weighted by Gasteiger charge is -1.94. The molecule has 0 fully saturated rings. The zero-order valence-electron chi connectivity index (χ0n) is 10.3. The van der Waals surface area contributed by atoms with Gasteiger partial charge in [0.1, 0.15) is 0 Å². The molecule has 0 radical (unpaired) electrons. The first-order valence-corrected chi connectivity index (χ1v) is 8.46. The Morgan fingerprint density at radius 1 is 1.25 bits per heavy atom. The fourth-order valence-corrected chi connectivity index (χ4v) is 4.72. The second-order valence-corrected chi connectivity index (χ2v) is 7.40. The molecule has 1 aromatic carbocycles. The summed E-state index contributed by atoms with van der Waals surface area (Å²) in [6, 6.07) is 11.9. The molecule has 20 heavy (non-hydrogen) atoms. The van der Waals surface area contributed by atoms with Crippen LogP contribution in [0.25, 0.3) is 10.2 Å². The molecule has 0 aliphatic rings. The summed E-state index contributed by atoms with van der Waals surface area (Å²) in [4.78, 5) is 17.7. The van der Waals surface area contributed by atoms with Crippen molar-refractivity contribution in [1.82, 2.24) is 10.4 Å². The van der Waals surface area contributed by atoms with E-state index in [1.807, 2.05) is 24.3 Å². The third-order valence-corrected chi connectivity index (χ3v) is 6.12. The second-order valence-electron chi connectivity index (χ2n) is 3.98. The zero-order chi connectivity index (χ0) is 13.9. The molecule has 2 aromatic heterocycles. The van der Waals surface area contributed by atoms with Crippen molar-refractivity contribution in [2.45, 2.75) is 10.1 Å². The van der Waals surface area contributed by atoms with Crippen LogP contribution in [0.4, 0.5) is 0 Å². The van der Waals surface area contributed by atoms with Gasteiger partial charge in [0, 0.05) is 10.6 Å². The van der Waals surface area contributed by atoms with Gasteiger partial charge < -0.3 is 0 Å². The van der Waals surface area contributed by atoms with Gasteiger partial charge in [-0.1, -0.05) is 23.9 Å². The Morgan fingerprint density at radius 2 is 2.10 bits per heavy atom. The Kier molecular flexibility index (Phi) is 4.02. The molecule has 7 heteroatoms. The van der Waals surface area contributed by atoms with E-state index in [9.17, 15) is 4.79 Å². The van der Waals surface area contributed by atoms with E-state index in [0.717, 1.165) is 20.5 Å². The number of hydrogen-bond donors (Lipinski definition) is 2. The molecule has 2 heterocycles. The predicted octanol–water partition coefficient (Wildman–Crippen LogP) is 3.25. The minimum Gasteiger partial charge on any atom is -0.289 e. The summed E-state index contributed by atoms with van der Waals surface area (Å²) in [7, 11) is 0. The molecular formula is C13H11N3OS3. The van der Waals surface area contributed by atoms with E-state index in [2.05, 4.69) is 16.5 Å². The number of thioether (sulfide) groups is 1. The molecule has 1 amide bonds. The number of amides is 1. The summed E-state index contributed by atoms with van der Waals surface area (Å²) >= 11 is 4.83. The SMILES string of the molecule is NNC(=O)c1ccc(CSc2nc3ccccc3s2)s1. The standard InChI is InChI=1S/C13H11N3OS3/c14-16-12(17)11-6-5-8(19-11)7-18-13-15-9-3-1-2-4-10(9)20-13/h1-6H,7,14H2,(H,16,17). The van der Waals surface area contributed by atoms with Crippen molar-refractivity contribution in [3.8, 4) is 0 Å². The van der Waals surface area contributed by atoms with Gasteiger partial charge in [0.2, 0.25) is 0 Å². The number of thiazole rings is 1. The van der Waals surface area contributed by atoms with Gasteiger partial charge >= 0.3 is 0 Å². The van der Waals surface area contributed by atoms with Crippen LogP contribution >= 0.6 is 34.4 Å². The van der Waals surface area contributed by atoms with Crippen LogP contribution in [-0.4, -0.2) is 10.9 Å². The number of nitrogen functional groups attached to an aromatic ring is 1. The van der Waals surface area contributed by atoms with Crippen molar-refractivity contribution in [2.75, 3.05) is 0 Å². The smallest absolute Gasteiger partial charge is 0.275 e. The molecule has 0 aliphatic heterocycles. The summed E-state index contributed by atoms with van der Waals surface area (Å²) in [5.41, 5.74) is 3.18. The topological polar surface area (TPSA) is 68.0 Å². The third-order valence-electron chi connectivity index (χ3n) is 2.63. The number of nitrogens with two attached hydrogens (primary N) is 1. The van der Waals surface area contributed by atoms with Crippen molar-refractivity contribution in [3.05, 3.63) is 46.2 Å². The van der Waals surface area contributed by atoms with Gasteiger partial charge in [-0.3, -0.25) is 10.2 Å². The van der Waals surface area contributed by atoms with Crippen LogP contribution in [0.5, 0.6) is 0 Å². The van der Waals surface area contributed by atoms with Gasteiger partial charge in [-0.2, -0.15) is 0 Å². The van der Waals surface area contributed by atoms with Crippen molar-refractivity contribution >= 4 is 50.6 Å². The van der Waals surface area contributed by atoms with Crippen LogP contribution in [0.2, 0.25) is 0 Å². The summed E-state index contributed by atoms with van der Waals surface area (Å²) in [5.74, 6) is 5.68. The zero-order valence-corrected chi connectivity index (χ0v) is 12.8. The van der Waals surface area contributed by atoms with Gasteiger partial charge in [-0.05, 0) is 24.3 Å².